The molecule has 1 aliphatic heterocycles. The van der Waals surface area contributed by atoms with Crippen LogP contribution in [0, 0.1) is 0 Å². The lowest BCUT2D eigenvalue weighted by Gasteiger charge is -2.23. The summed E-state index contributed by atoms with van der Waals surface area (Å²) >= 11 is 3.31. The summed E-state index contributed by atoms with van der Waals surface area (Å²) in [4.78, 5) is 24.7. The van der Waals surface area contributed by atoms with Crippen molar-refractivity contribution in [3.05, 3.63) is 59.1 Å². The Balaban J connectivity index is 1.88. The molecule has 130 valence electrons. The van der Waals surface area contributed by atoms with Crippen LogP contribution in [-0.2, 0) is 19.6 Å². The van der Waals surface area contributed by atoms with E-state index in [4.69, 9.17) is 0 Å². The Hall–Kier alpha value is -2.19. The third kappa shape index (κ3) is 3.59. The molecule has 25 heavy (non-hydrogen) atoms. The minimum absolute atomic E-state index is 0.00879. The number of halogens is 1. The van der Waals surface area contributed by atoms with Crippen molar-refractivity contribution in [1.82, 2.24) is 4.31 Å². The van der Waals surface area contributed by atoms with E-state index >= 15 is 0 Å². The van der Waals surface area contributed by atoms with E-state index in [2.05, 4.69) is 21.2 Å². The van der Waals surface area contributed by atoms with Crippen LogP contribution in [0.4, 0.5) is 5.69 Å². The summed E-state index contributed by atoms with van der Waals surface area (Å²) in [7, 11) is -4.07. The molecule has 2 aromatic rings. The van der Waals surface area contributed by atoms with E-state index < -0.39 is 27.9 Å². The van der Waals surface area contributed by atoms with Gasteiger partial charge in [0.25, 0.3) is 10.0 Å². The first-order valence-electron chi connectivity index (χ1n) is 7.58. The number of amides is 2. The number of rotatable bonds is 4. The molecule has 2 amide bonds. The number of nitrogens with one attached hydrogen (secondary N) is 1. The summed E-state index contributed by atoms with van der Waals surface area (Å²) < 4.78 is 27.1. The maximum Gasteiger partial charge on any atom is 0.267 e. The first kappa shape index (κ1) is 17.6. The molecule has 1 saturated heterocycles. The molecule has 0 bridgehead atoms. The number of carbonyl (C=O) groups is 2. The van der Waals surface area contributed by atoms with Gasteiger partial charge in [0.05, 0.1) is 4.90 Å². The Labute approximate surface area is 154 Å². The van der Waals surface area contributed by atoms with Gasteiger partial charge in [-0.3, -0.25) is 9.59 Å². The summed E-state index contributed by atoms with van der Waals surface area (Å²) in [5.41, 5.74) is 0.524. The predicted octanol–water partition coefficient (Wildman–Crippen LogP) is 2.77. The lowest BCUT2D eigenvalue weighted by Crippen LogP contribution is -2.45. The molecule has 8 heteroatoms. The smallest absolute Gasteiger partial charge is 0.267 e. The third-order valence-electron chi connectivity index (χ3n) is 3.86. The van der Waals surface area contributed by atoms with Gasteiger partial charge in [-0.25, -0.2) is 12.7 Å². The van der Waals surface area contributed by atoms with Crippen molar-refractivity contribution in [2.45, 2.75) is 23.8 Å². The van der Waals surface area contributed by atoms with Crippen molar-refractivity contribution < 1.29 is 18.0 Å². The molecule has 1 N–H and O–H groups in total. The van der Waals surface area contributed by atoms with Crippen LogP contribution in [0.3, 0.4) is 0 Å². The Morgan fingerprint density at radius 3 is 2.52 bits per heavy atom. The van der Waals surface area contributed by atoms with E-state index in [1.165, 1.54) is 12.1 Å². The highest BCUT2D eigenvalue weighted by Crippen LogP contribution is 2.28. The van der Waals surface area contributed by atoms with Gasteiger partial charge < -0.3 is 5.32 Å². The second kappa shape index (κ2) is 6.97. The number of carbonyl (C=O) groups excluding carboxylic acids is 2. The number of hydrogen-bond acceptors (Lipinski definition) is 4. The molecule has 0 aliphatic carbocycles. The third-order valence-corrected chi connectivity index (χ3v) is 6.19. The molecule has 0 spiro atoms. The summed E-state index contributed by atoms with van der Waals surface area (Å²) in [6.45, 7) is 0. The fourth-order valence-electron chi connectivity index (χ4n) is 2.70. The molecule has 1 unspecified atom stereocenters. The molecule has 1 fully saturated rings. The Morgan fingerprint density at radius 1 is 1.12 bits per heavy atom. The van der Waals surface area contributed by atoms with Gasteiger partial charge in [-0.15, -0.1) is 0 Å². The lowest BCUT2D eigenvalue weighted by molar-refractivity contribution is -0.128. The fourth-order valence-corrected chi connectivity index (χ4v) is 4.72. The molecular weight excluding hydrogens is 408 g/mol. The number of anilines is 1. The average molecular weight is 423 g/mol. The SMILES string of the molecule is O=C(Nc1cccc(Br)c1)C1CCC(=O)N1S(=O)(=O)c1ccccc1. The topological polar surface area (TPSA) is 83.6 Å². The summed E-state index contributed by atoms with van der Waals surface area (Å²) in [5.74, 6) is -1.10. The molecule has 0 radical (unpaired) electrons. The van der Waals surface area contributed by atoms with Gasteiger partial charge in [-0.1, -0.05) is 40.2 Å². The highest BCUT2D eigenvalue weighted by molar-refractivity contribution is 9.10. The molecule has 0 saturated carbocycles. The van der Waals surface area contributed by atoms with Crippen LogP contribution < -0.4 is 5.32 Å². The molecule has 1 aliphatic rings. The van der Waals surface area contributed by atoms with E-state index in [9.17, 15) is 18.0 Å². The first-order chi connectivity index (χ1) is 11.9. The molecular formula is C17H15BrN2O4S. The van der Waals surface area contributed by atoms with Crippen LogP contribution in [0.5, 0.6) is 0 Å². The van der Waals surface area contributed by atoms with E-state index in [0.717, 1.165) is 4.47 Å². The molecule has 1 heterocycles. The Bertz CT molecular complexity index is 915. The number of benzene rings is 2. The summed E-state index contributed by atoms with van der Waals surface area (Å²) in [6.07, 6.45) is 0.174. The van der Waals surface area contributed by atoms with Gasteiger partial charge >= 0.3 is 0 Å². The second-order valence-electron chi connectivity index (χ2n) is 5.56. The van der Waals surface area contributed by atoms with E-state index in [1.54, 1.807) is 42.5 Å². The van der Waals surface area contributed by atoms with Gasteiger partial charge in [0.15, 0.2) is 0 Å². The zero-order valence-corrected chi connectivity index (χ0v) is 15.5. The number of hydrogen-bond donors (Lipinski definition) is 1. The summed E-state index contributed by atoms with van der Waals surface area (Å²) in [6, 6.07) is 13.5. The number of nitrogens with zero attached hydrogens (tertiary/aromatic N) is 1. The van der Waals surface area contributed by atoms with Gasteiger partial charge in [-0.2, -0.15) is 0 Å². The predicted molar refractivity (Wildman–Crippen MR) is 96.3 cm³/mol. The minimum Gasteiger partial charge on any atom is -0.324 e. The van der Waals surface area contributed by atoms with Crippen molar-refractivity contribution in [2.24, 2.45) is 0 Å². The molecule has 6 nitrogen and oxygen atoms in total. The molecule has 2 aromatic carbocycles. The van der Waals surface area contributed by atoms with Crippen LogP contribution >= 0.6 is 15.9 Å². The van der Waals surface area contributed by atoms with Crippen molar-refractivity contribution in [2.75, 3.05) is 5.32 Å². The van der Waals surface area contributed by atoms with Gasteiger partial charge in [0.2, 0.25) is 11.8 Å². The highest BCUT2D eigenvalue weighted by atomic mass is 79.9. The zero-order valence-electron chi connectivity index (χ0n) is 13.1. The average Bonchev–Trinajstić information content (AvgIpc) is 2.98. The Kier molecular flexibility index (Phi) is 4.91. The van der Waals surface area contributed by atoms with Gasteiger partial charge in [0.1, 0.15) is 6.04 Å². The molecule has 1 atom stereocenters. The van der Waals surface area contributed by atoms with Crippen LogP contribution in [0.1, 0.15) is 12.8 Å². The normalized spacial score (nSPS) is 17.6. The van der Waals surface area contributed by atoms with Crippen molar-refractivity contribution in [3.63, 3.8) is 0 Å². The second-order valence-corrected chi connectivity index (χ2v) is 8.29. The quantitative estimate of drug-likeness (QED) is 0.820. The summed E-state index contributed by atoms with van der Waals surface area (Å²) in [5, 5.41) is 2.67. The first-order valence-corrected chi connectivity index (χ1v) is 9.81. The zero-order chi connectivity index (χ0) is 18.0. The van der Waals surface area contributed by atoms with Crippen molar-refractivity contribution >= 4 is 43.5 Å². The van der Waals surface area contributed by atoms with Crippen molar-refractivity contribution in [1.29, 1.82) is 0 Å². The molecule has 0 aromatic heterocycles. The van der Waals surface area contributed by atoms with Crippen LogP contribution in [0.15, 0.2) is 64.0 Å². The van der Waals surface area contributed by atoms with E-state index in [-0.39, 0.29) is 17.7 Å². The monoisotopic (exact) mass is 422 g/mol. The maximum absolute atomic E-state index is 12.8. The highest BCUT2D eigenvalue weighted by Gasteiger charge is 2.44. The lowest BCUT2D eigenvalue weighted by atomic mass is 10.2. The van der Waals surface area contributed by atoms with E-state index in [1.807, 2.05) is 0 Å². The van der Waals surface area contributed by atoms with Crippen LogP contribution in [0.25, 0.3) is 0 Å². The van der Waals surface area contributed by atoms with Crippen LogP contribution in [-0.4, -0.2) is 30.6 Å². The Morgan fingerprint density at radius 2 is 1.84 bits per heavy atom. The largest absolute Gasteiger partial charge is 0.324 e. The minimum atomic E-state index is -4.07. The standard InChI is InChI=1S/C17H15BrN2O4S/c18-12-5-4-6-13(11-12)19-17(22)15-9-10-16(21)20(15)25(23,24)14-7-2-1-3-8-14/h1-8,11,15H,9-10H2,(H,19,22). The fraction of sp³-hybridized carbons (Fsp3) is 0.176. The number of sulfonamides is 1. The van der Waals surface area contributed by atoms with Gasteiger partial charge in [-0.05, 0) is 36.8 Å². The van der Waals surface area contributed by atoms with Gasteiger partial charge in [0, 0.05) is 16.6 Å². The van der Waals surface area contributed by atoms with E-state index in [0.29, 0.717) is 9.99 Å². The molecule has 3 rings (SSSR count). The van der Waals surface area contributed by atoms with Crippen molar-refractivity contribution in [3.8, 4) is 0 Å². The maximum atomic E-state index is 12.8. The van der Waals surface area contributed by atoms with Crippen LogP contribution in [0.2, 0.25) is 0 Å².